The van der Waals surface area contributed by atoms with Crippen molar-refractivity contribution in [1.29, 1.82) is 0 Å². The Bertz CT molecular complexity index is 413. The molecule has 1 atom stereocenters. The summed E-state index contributed by atoms with van der Waals surface area (Å²) in [5.41, 5.74) is 2.37. The zero-order valence-electron chi connectivity index (χ0n) is 12.1. The number of rotatable bonds is 6. The van der Waals surface area contributed by atoms with Gasteiger partial charge >= 0.3 is 0 Å². The second-order valence-electron chi connectivity index (χ2n) is 5.40. The fraction of sp³-hybridized carbons (Fsp3) is 0.786. The van der Waals surface area contributed by atoms with Crippen LogP contribution in [0.2, 0.25) is 0 Å². The van der Waals surface area contributed by atoms with E-state index in [0.29, 0.717) is 6.04 Å². The first-order valence-electron chi connectivity index (χ1n) is 7.08. The lowest BCUT2D eigenvalue weighted by molar-refractivity contribution is 0.579. The molecule has 0 bridgehead atoms. The molecule has 0 radical (unpaired) electrons. The van der Waals surface area contributed by atoms with Crippen molar-refractivity contribution >= 4 is 27.7 Å². The summed E-state index contributed by atoms with van der Waals surface area (Å²) in [6.45, 7) is 2.05. The molecule has 1 fully saturated rings. The quantitative estimate of drug-likeness (QED) is 0.857. The van der Waals surface area contributed by atoms with Crippen molar-refractivity contribution in [3.63, 3.8) is 0 Å². The van der Waals surface area contributed by atoms with Crippen LogP contribution in [-0.2, 0) is 13.5 Å². The number of aromatic nitrogens is 2. The van der Waals surface area contributed by atoms with Gasteiger partial charge in [-0.2, -0.15) is 16.9 Å². The van der Waals surface area contributed by atoms with Crippen molar-refractivity contribution in [2.75, 3.05) is 12.8 Å². The molecule has 1 aliphatic carbocycles. The highest BCUT2D eigenvalue weighted by Gasteiger charge is 2.19. The number of aryl methyl sites for hydroxylation is 2. The normalized spacial score (nSPS) is 18.1. The highest BCUT2D eigenvalue weighted by molar-refractivity contribution is 9.10. The maximum atomic E-state index is 4.47. The van der Waals surface area contributed by atoms with Crippen LogP contribution in [0.15, 0.2) is 4.47 Å². The maximum absolute atomic E-state index is 4.47. The molecule has 2 rings (SSSR count). The standard InChI is InChI=1S/C14H24BrN3S/c1-10-14(15)13(18(3)17-10)8-11(16-2)9-19-12-6-4-5-7-12/h11-12,16H,4-9H2,1-3H3. The van der Waals surface area contributed by atoms with Gasteiger partial charge in [0.05, 0.1) is 15.9 Å². The number of nitrogens with zero attached hydrogens (tertiary/aromatic N) is 2. The van der Waals surface area contributed by atoms with Gasteiger partial charge in [-0.25, -0.2) is 0 Å². The lowest BCUT2D eigenvalue weighted by Gasteiger charge is -2.18. The molecule has 1 heterocycles. The number of nitrogens with one attached hydrogen (secondary N) is 1. The molecule has 0 spiro atoms. The second-order valence-corrected chi connectivity index (χ2v) is 7.53. The van der Waals surface area contributed by atoms with Crippen molar-refractivity contribution in [1.82, 2.24) is 15.1 Å². The van der Waals surface area contributed by atoms with Crippen LogP contribution in [0.1, 0.15) is 37.1 Å². The number of hydrogen-bond donors (Lipinski definition) is 1. The zero-order chi connectivity index (χ0) is 13.8. The highest BCUT2D eigenvalue weighted by Crippen LogP contribution is 2.30. The number of hydrogen-bond acceptors (Lipinski definition) is 3. The first-order chi connectivity index (χ1) is 9.11. The predicted molar refractivity (Wildman–Crippen MR) is 86.9 cm³/mol. The van der Waals surface area contributed by atoms with Crippen LogP contribution in [0.5, 0.6) is 0 Å². The van der Waals surface area contributed by atoms with Gasteiger partial charge in [0.15, 0.2) is 0 Å². The van der Waals surface area contributed by atoms with E-state index in [9.17, 15) is 0 Å². The average Bonchev–Trinajstić information content (AvgIpc) is 2.98. The Balaban J connectivity index is 1.90. The van der Waals surface area contributed by atoms with E-state index in [1.807, 2.05) is 11.7 Å². The third-order valence-electron chi connectivity index (χ3n) is 3.94. The highest BCUT2D eigenvalue weighted by atomic mass is 79.9. The molecule has 0 aromatic carbocycles. The summed E-state index contributed by atoms with van der Waals surface area (Å²) in [5.74, 6) is 1.19. The molecule has 1 saturated carbocycles. The molecule has 19 heavy (non-hydrogen) atoms. The fourth-order valence-corrected chi connectivity index (χ4v) is 4.64. The molecule has 1 aromatic rings. The van der Waals surface area contributed by atoms with Crippen LogP contribution in [0.4, 0.5) is 0 Å². The minimum atomic E-state index is 0.525. The van der Waals surface area contributed by atoms with Gasteiger partial charge in [0.2, 0.25) is 0 Å². The molecule has 1 aliphatic rings. The number of thioether (sulfide) groups is 1. The molecule has 3 nitrogen and oxygen atoms in total. The van der Waals surface area contributed by atoms with E-state index < -0.39 is 0 Å². The molecule has 0 aliphatic heterocycles. The lowest BCUT2D eigenvalue weighted by atomic mass is 10.2. The van der Waals surface area contributed by atoms with Crippen LogP contribution in [0.25, 0.3) is 0 Å². The van der Waals surface area contributed by atoms with Crippen molar-refractivity contribution in [2.45, 2.75) is 50.3 Å². The summed E-state index contributed by atoms with van der Waals surface area (Å²) in [6, 6.07) is 0.525. The summed E-state index contributed by atoms with van der Waals surface area (Å²) in [7, 11) is 4.10. The summed E-state index contributed by atoms with van der Waals surface area (Å²) < 4.78 is 3.17. The van der Waals surface area contributed by atoms with Gasteiger partial charge < -0.3 is 5.32 Å². The zero-order valence-corrected chi connectivity index (χ0v) is 14.5. The van der Waals surface area contributed by atoms with E-state index >= 15 is 0 Å². The van der Waals surface area contributed by atoms with E-state index in [2.05, 4.69) is 52.1 Å². The van der Waals surface area contributed by atoms with E-state index in [0.717, 1.165) is 17.4 Å². The van der Waals surface area contributed by atoms with Crippen LogP contribution in [0.3, 0.4) is 0 Å². The Morgan fingerprint density at radius 3 is 2.68 bits per heavy atom. The molecule has 1 aromatic heterocycles. The predicted octanol–water partition coefficient (Wildman–Crippen LogP) is 3.30. The van der Waals surface area contributed by atoms with Gasteiger partial charge in [-0.05, 0) is 42.7 Å². The van der Waals surface area contributed by atoms with Crippen LogP contribution >= 0.6 is 27.7 Å². The van der Waals surface area contributed by atoms with Gasteiger partial charge in [0.1, 0.15) is 0 Å². The van der Waals surface area contributed by atoms with Crippen molar-refractivity contribution in [2.24, 2.45) is 7.05 Å². The molecule has 1 unspecified atom stereocenters. The third kappa shape index (κ3) is 3.99. The Labute approximate surface area is 129 Å². The lowest BCUT2D eigenvalue weighted by Crippen LogP contribution is -2.31. The van der Waals surface area contributed by atoms with E-state index in [-0.39, 0.29) is 0 Å². The van der Waals surface area contributed by atoms with Gasteiger partial charge in [-0.3, -0.25) is 4.68 Å². The maximum Gasteiger partial charge on any atom is 0.0738 e. The minimum Gasteiger partial charge on any atom is -0.316 e. The van der Waals surface area contributed by atoms with Crippen molar-refractivity contribution in [3.8, 4) is 0 Å². The molecule has 1 N–H and O–H groups in total. The van der Waals surface area contributed by atoms with Crippen molar-refractivity contribution < 1.29 is 0 Å². The van der Waals surface area contributed by atoms with Crippen LogP contribution in [-0.4, -0.2) is 33.9 Å². The molecule has 0 amide bonds. The van der Waals surface area contributed by atoms with E-state index in [1.165, 1.54) is 41.6 Å². The Morgan fingerprint density at radius 2 is 2.16 bits per heavy atom. The minimum absolute atomic E-state index is 0.525. The topological polar surface area (TPSA) is 29.9 Å². The Morgan fingerprint density at radius 1 is 1.47 bits per heavy atom. The van der Waals surface area contributed by atoms with Crippen LogP contribution in [0, 0.1) is 6.92 Å². The summed E-state index contributed by atoms with van der Waals surface area (Å²) in [6.07, 6.45) is 6.71. The summed E-state index contributed by atoms with van der Waals surface area (Å²) >= 11 is 5.81. The molecule has 0 saturated heterocycles. The van der Waals surface area contributed by atoms with E-state index in [1.54, 1.807) is 0 Å². The monoisotopic (exact) mass is 345 g/mol. The number of halogens is 1. The Hall–Kier alpha value is 0. The fourth-order valence-electron chi connectivity index (χ4n) is 2.69. The largest absolute Gasteiger partial charge is 0.316 e. The Kier molecular flexibility index (Phi) is 5.78. The van der Waals surface area contributed by atoms with Gasteiger partial charge in [-0.15, -0.1) is 0 Å². The SMILES string of the molecule is CNC(CSC1CCCC1)Cc1c(Br)c(C)nn1C. The average molecular weight is 346 g/mol. The number of likely N-dealkylation sites (N-methyl/N-ethyl adjacent to an activating group) is 1. The second kappa shape index (κ2) is 7.14. The van der Waals surface area contributed by atoms with Gasteiger partial charge in [0, 0.05) is 30.5 Å². The smallest absolute Gasteiger partial charge is 0.0738 e. The van der Waals surface area contributed by atoms with E-state index in [4.69, 9.17) is 0 Å². The first-order valence-corrected chi connectivity index (χ1v) is 8.92. The van der Waals surface area contributed by atoms with Gasteiger partial charge in [0.25, 0.3) is 0 Å². The molecular formula is C14H24BrN3S. The molecular weight excluding hydrogens is 322 g/mol. The molecule has 108 valence electrons. The van der Waals surface area contributed by atoms with Gasteiger partial charge in [-0.1, -0.05) is 12.8 Å². The van der Waals surface area contributed by atoms with Crippen molar-refractivity contribution in [3.05, 3.63) is 15.9 Å². The first kappa shape index (κ1) is 15.4. The molecule has 5 heteroatoms. The summed E-state index contributed by atoms with van der Waals surface area (Å²) in [4.78, 5) is 0. The third-order valence-corrected chi connectivity index (χ3v) is 6.51. The summed E-state index contributed by atoms with van der Waals surface area (Å²) in [5, 5.41) is 8.82. The van der Waals surface area contributed by atoms with Crippen LogP contribution < -0.4 is 5.32 Å².